The van der Waals surface area contributed by atoms with Gasteiger partial charge in [-0.3, -0.25) is 0 Å². The predicted molar refractivity (Wildman–Crippen MR) is 29.1 cm³/mol. The van der Waals surface area contributed by atoms with E-state index in [4.69, 9.17) is 0 Å². The van der Waals surface area contributed by atoms with E-state index in [0.717, 1.165) is 0 Å². The summed E-state index contributed by atoms with van der Waals surface area (Å²) in [6, 6.07) is 0. The van der Waals surface area contributed by atoms with Crippen LogP contribution in [0.5, 0.6) is 0 Å². The third-order valence-electron chi connectivity index (χ3n) is 0.784. The van der Waals surface area contributed by atoms with Gasteiger partial charge in [0.05, 0.1) is 5.75 Å². The molecular formula is C3H5N2O3S. The van der Waals surface area contributed by atoms with Crippen molar-refractivity contribution in [1.82, 2.24) is 4.83 Å². The molecule has 0 saturated carbocycles. The summed E-state index contributed by atoms with van der Waals surface area (Å²) in [7, 11) is -3.35. The van der Waals surface area contributed by atoms with Gasteiger partial charge in [0.25, 0.3) is 10.0 Å². The summed E-state index contributed by atoms with van der Waals surface area (Å²) in [4.78, 5) is 1.75. The van der Waals surface area contributed by atoms with Gasteiger partial charge in [-0.05, 0) is 0 Å². The molecule has 9 heavy (non-hydrogen) atoms. The number of hydroxylamine groups is 1. The fourth-order valence-corrected chi connectivity index (χ4v) is 1.18. The Balaban J connectivity index is 2.81. The second-order valence-corrected chi connectivity index (χ2v) is 3.33. The molecule has 0 fully saturated rings. The van der Waals surface area contributed by atoms with Crippen LogP contribution in [0.15, 0.2) is 6.08 Å². The molecule has 1 radical (unpaired) electrons. The number of quaternary nitrogens is 1. The Labute approximate surface area is 52.6 Å². The third-order valence-corrected chi connectivity index (χ3v) is 1.89. The number of sulfonamides is 1. The van der Waals surface area contributed by atoms with Crippen LogP contribution in [0.4, 0.5) is 0 Å². The quantitative estimate of drug-likeness (QED) is 0.375. The van der Waals surface area contributed by atoms with Crippen LogP contribution in [-0.2, 0) is 10.0 Å². The molecule has 0 aromatic rings. The Morgan fingerprint density at radius 1 is 1.78 bits per heavy atom. The fourth-order valence-electron chi connectivity index (χ4n) is 0.456. The van der Waals surface area contributed by atoms with E-state index in [1.807, 2.05) is 0 Å². The van der Waals surface area contributed by atoms with Crippen LogP contribution in [0, 0.1) is 11.4 Å². The van der Waals surface area contributed by atoms with Crippen molar-refractivity contribution in [1.29, 1.82) is 0 Å². The van der Waals surface area contributed by atoms with Crippen LogP contribution in [0.3, 0.4) is 0 Å². The monoisotopic (exact) mass is 149 g/mol. The molecule has 0 aromatic heterocycles. The van der Waals surface area contributed by atoms with Crippen molar-refractivity contribution in [3.05, 3.63) is 17.5 Å². The molecule has 1 aliphatic heterocycles. The molecule has 0 bridgehead atoms. The van der Waals surface area contributed by atoms with Crippen molar-refractivity contribution in [2.24, 2.45) is 0 Å². The van der Waals surface area contributed by atoms with Gasteiger partial charge in [0.1, 0.15) is 0 Å². The zero-order valence-electron chi connectivity index (χ0n) is 4.42. The lowest BCUT2D eigenvalue weighted by Gasteiger charge is -2.17. The molecule has 1 heterocycles. The number of hydrogen-bond donors (Lipinski definition) is 2. The average Bonchev–Trinajstić information content (AvgIpc) is 1.60. The summed E-state index contributed by atoms with van der Waals surface area (Å²) in [5.41, 5.74) is 0. The molecule has 1 aliphatic rings. The highest BCUT2D eigenvalue weighted by Gasteiger charge is 2.15. The van der Waals surface area contributed by atoms with Crippen LogP contribution in [0.1, 0.15) is 0 Å². The van der Waals surface area contributed by atoms with E-state index in [9.17, 15) is 13.6 Å². The smallest absolute Gasteiger partial charge is 0.257 e. The van der Waals surface area contributed by atoms with E-state index in [0.29, 0.717) is 0 Å². The Hall–Kier alpha value is -0.430. The van der Waals surface area contributed by atoms with E-state index in [1.54, 1.807) is 4.83 Å². The number of nitrogens with one attached hydrogen (secondary N) is 2. The van der Waals surface area contributed by atoms with Crippen LogP contribution < -0.4 is 10.0 Å². The molecule has 0 aliphatic carbocycles. The van der Waals surface area contributed by atoms with Gasteiger partial charge in [-0.15, -0.1) is 0 Å². The molecule has 6 heteroatoms. The van der Waals surface area contributed by atoms with E-state index in [1.165, 1.54) is 6.08 Å². The third kappa shape index (κ3) is 1.75. The van der Waals surface area contributed by atoms with Crippen molar-refractivity contribution in [3.8, 4) is 0 Å². The molecular weight excluding hydrogens is 144 g/mol. The van der Waals surface area contributed by atoms with E-state index < -0.39 is 15.2 Å². The minimum Gasteiger partial charge on any atom is -0.607 e. The lowest BCUT2D eigenvalue weighted by Crippen LogP contribution is -3.11. The first-order chi connectivity index (χ1) is 4.10. The van der Waals surface area contributed by atoms with Gasteiger partial charge >= 0.3 is 0 Å². The minimum atomic E-state index is -3.35. The molecule has 51 valence electrons. The molecule has 5 nitrogen and oxygen atoms in total. The largest absolute Gasteiger partial charge is 0.607 e. The zero-order chi connectivity index (χ0) is 6.91. The van der Waals surface area contributed by atoms with Gasteiger partial charge in [0.15, 0.2) is 0 Å². The Morgan fingerprint density at radius 2 is 2.44 bits per heavy atom. The maximum Gasteiger partial charge on any atom is 0.257 e. The zero-order valence-corrected chi connectivity index (χ0v) is 5.23. The number of rotatable bonds is 0. The van der Waals surface area contributed by atoms with Gasteiger partial charge < -0.3 is 5.21 Å². The summed E-state index contributed by atoms with van der Waals surface area (Å²) >= 11 is 0. The summed E-state index contributed by atoms with van der Waals surface area (Å²) in [6.45, 7) is 0. The summed E-state index contributed by atoms with van der Waals surface area (Å²) in [5.74, 6) is -0.154. The molecule has 2 N–H and O–H groups in total. The maximum atomic E-state index is 10.5. The standard InChI is InChI=1S/C3H5N2O3S/c6-5-2-1-3-9(7,8)4-5/h1,4-5H,3H2. The lowest BCUT2D eigenvalue weighted by atomic mass is 10.7. The molecule has 0 aromatic carbocycles. The van der Waals surface area contributed by atoms with Gasteiger partial charge in [-0.1, -0.05) is 4.83 Å². The molecule has 0 amide bonds. The molecule has 0 saturated heterocycles. The van der Waals surface area contributed by atoms with Crippen LogP contribution in [-0.4, -0.2) is 14.2 Å². The first-order valence-electron chi connectivity index (χ1n) is 2.23. The number of hydrogen-bond acceptors (Lipinski definition) is 3. The SMILES string of the molecule is O=S1(=O)CC=[C][NH+]([O-])N1. The normalized spacial score (nSPS) is 32.3. The summed E-state index contributed by atoms with van der Waals surface area (Å²) in [6.07, 6.45) is 3.37. The summed E-state index contributed by atoms with van der Waals surface area (Å²) < 4.78 is 20.9. The molecule has 1 unspecified atom stereocenters. The lowest BCUT2D eigenvalue weighted by molar-refractivity contribution is -0.839. The fraction of sp³-hybridized carbons (Fsp3) is 0.333. The van der Waals surface area contributed by atoms with Crippen molar-refractivity contribution >= 4 is 10.0 Å². The van der Waals surface area contributed by atoms with Gasteiger partial charge in [0.2, 0.25) is 6.20 Å². The first-order valence-corrected chi connectivity index (χ1v) is 3.88. The first kappa shape index (κ1) is 6.69. The molecule has 1 atom stereocenters. The van der Waals surface area contributed by atoms with Crippen LogP contribution in [0.2, 0.25) is 0 Å². The maximum absolute atomic E-state index is 10.5. The average molecular weight is 149 g/mol. The van der Waals surface area contributed by atoms with Crippen molar-refractivity contribution in [2.45, 2.75) is 0 Å². The molecule has 0 spiro atoms. The van der Waals surface area contributed by atoms with Crippen molar-refractivity contribution in [3.63, 3.8) is 0 Å². The Morgan fingerprint density at radius 3 is 2.78 bits per heavy atom. The highest BCUT2D eigenvalue weighted by Crippen LogP contribution is 1.82. The van der Waals surface area contributed by atoms with E-state index in [2.05, 4.69) is 6.20 Å². The van der Waals surface area contributed by atoms with Crippen molar-refractivity contribution in [2.75, 3.05) is 5.75 Å². The van der Waals surface area contributed by atoms with Crippen LogP contribution >= 0.6 is 0 Å². The van der Waals surface area contributed by atoms with Gasteiger partial charge in [0, 0.05) is 6.08 Å². The second-order valence-electron chi connectivity index (χ2n) is 1.56. The van der Waals surface area contributed by atoms with Crippen molar-refractivity contribution < 1.29 is 13.6 Å². The Kier molecular flexibility index (Phi) is 1.54. The highest BCUT2D eigenvalue weighted by atomic mass is 32.2. The van der Waals surface area contributed by atoms with Gasteiger partial charge in [-0.25, -0.2) is 13.6 Å². The molecule has 1 rings (SSSR count). The Bertz CT molecular complexity index is 219. The van der Waals surface area contributed by atoms with Crippen LogP contribution in [0.25, 0.3) is 0 Å². The second kappa shape index (κ2) is 2.07. The topological polar surface area (TPSA) is 73.7 Å². The van der Waals surface area contributed by atoms with E-state index in [-0.39, 0.29) is 5.75 Å². The van der Waals surface area contributed by atoms with E-state index >= 15 is 0 Å². The predicted octanol–water partition coefficient (Wildman–Crippen LogP) is -2.47. The van der Waals surface area contributed by atoms with Gasteiger partial charge in [-0.2, -0.15) is 0 Å². The summed E-state index contributed by atoms with van der Waals surface area (Å²) in [5, 5.41) is 9.55. The minimum absolute atomic E-state index is 0.154. The highest BCUT2D eigenvalue weighted by molar-refractivity contribution is 7.89.